The molecule has 0 aromatic heterocycles. The summed E-state index contributed by atoms with van der Waals surface area (Å²) in [6, 6.07) is 5.55. The number of allylic oxidation sites excluding steroid dienone is 1. The van der Waals surface area contributed by atoms with Gasteiger partial charge in [0.2, 0.25) is 0 Å². The second-order valence-electron chi connectivity index (χ2n) is 4.70. The van der Waals surface area contributed by atoms with E-state index in [4.69, 9.17) is 4.74 Å². The first kappa shape index (κ1) is 13.3. The minimum absolute atomic E-state index is 0.0314. The van der Waals surface area contributed by atoms with Crippen LogP contribution in [0.4, 0.5) is 0 Å². The first-order valence-electron chi connectivity index (χ1n) is 6.15. The highest BCUT2D eigenvalue weighted by atomic mass is 16.5. The van der Waals surface area contributed by atoms with E-state index >= 15 is 0 Å². The quantitative estimate of drug-likeness (QED) is 0.906. The molecule has 0 spiro atoms. The molecule has 1 aromatic carbocycles. The van der Waals surface area contributed by atoms with Crippen LogP contribution in [0.25, 0.3) is 5.57 Å². The number of carbonyl (C=O) groups excluding carboxylic acids is 1. The summed E-state index contributed by atoms with van der Waals surface area (Å²) in [5, 5.41) is 9.30. The second kappa shape index (κ2) is 5.26. The van der Waals surface area contributed by atoms with Gasteiger partial charge in [-0.2, -0.15) is 0 Å². The van der Waals surface area contributed by atoms with Crippen LogP contribution in [0, 0.1) is 12.8 Å². The standard InChI is InChI=1S/C15H16O4/c1-9-3-6-14(19-2)13(7-9)12-8-10(16)4-5-11(12)15(17)18/h3,6-8,11H,4-5H2,1-2H3,(H,17,18). The Morgan fingerprint density at radius 1 is 1.42 bits per heavy atom. The van der Waals surface area contributed by atoms with Crippen molar-refractivity contribution in [1.82, 2.24) is 0 Å². The molecule has 1 atom stereocenters. The average Bonchev–Trinajstić information content (AvgIpc) is 2.38. The number of aliphatic carboxylic acids is 1. The molecule has 4 heteroatoms. The Morgan fingerprint density at radius 3 is 2.79 bits per heavy atom. The Kier molecular flexibility index (Phi) is 3.69. The number of methoxy groups -OCH3 is 1. The lowest BCUT2D eigenvalue weighted by atomic mass is 9.82. The molecule has 0 aliphatic heterocycles. The molecule has 1 N–H and O–H groups in total. The highest BCUT2D eigenvalue weighted by Crippen LogP contribution is 2.36. The maximum absolute atomic E-state index is 11.6. The summed E-state index contributed by atoms with van der Waals surface area (Å²) in [5.41, 5.74) is 2.24. The molecule has 1 unspecified atom stereocenters. The largest absolute Gasteiger partial charge is 0.496 e. The van der Waals surface area contributed by atoms with Gasteiger partial charge in [-0.15, -0.1) is 0 Å². The zero-order chi connectivity index (χ0) is 14.0. The van der Waals surface area contributed by atoms with Crippen molar-refractivity contribution in [2.45, 2.75) is 19.8 Å². The van der Waals surface area contributed by atoms with Gasteiger partial charge >= 0.3 is 5.97 Å². The van der Waals surface area contributed by atoms with Gasteiger partial charge < -0.3 is 9.84 Å². The summed E-state index contributed by atoms with van der Waals surface area (Å²) < 4.78 is 5.27. The smallest absolute Gasteiger partial charge is 0.311 e. The molecule has 1 aromatic rings. The fraction of sp³-hybridized carbons (Fsp3) is 0.333. The summed E-state index contributed by atoms with van der Waals surface area (Å²) >= 11 is 0. The molecule has 0 bridgehead atoms. The van der Waals surface area contributed by atoms with Crippen molar-refractivity contribution in [3.8, 4) is 5.75 Å². The molecule has 2 rings (SSSR count). The van der Waals surface area contributed by atoms with Crippen LogP contribution in [-0.4, -0.2) is 24.0 Å². The van der Waals surface area contributed by atoms with Crippen LogP contribution in [0.1, 0.15) is 24.0 Å². The number of carbonyl (C=O) groups is 2. The molecule has 0 fully saturated rings. The molecule has 19 heavy (non-hydrogen) atoms. The number of ketones is 1. The lowest BCUT2D eigenvalue weighted by Gasteiger charge is -2.22. The predicted molar refractivity (Wildman–Crippen MR) is 71.1 cm³/mol. The molecular formula is C15H16O4. The van der Waals surface area contributed by atoms with Gasteiger partial charge in [0.05, 0.1) is 13.0 Å². The average molecular weight is 260 g/mol. The maximum Gasteiger partial charge on any atom is 0.311 e. The third-order valence-electron chi connectivity index (χ3n) is 3.34. The van der Waals surface area contributed by atoms with Gasteiger partial charge in [-0.05, 0) is 37.1 Å². The first-order chi connectivity index (χ1) is 9.02. The van der Waals surface area contributed by atoms with Crippen molar-refractivity contribution in [1.29, 1.82) is 0 Å². The minimum Gasteiger partial charge on any atom is -0.496 e. The van der Waals surface area contributed by atoms with Gasteiger partial charge in [-0.25, -0.2) is 0 Å². The van der Waals surface area contributed by atoms with E-state index in [2.05, 4.69) is 0 Å². The summed E-state index contributed by atoms with van der Waals surface area (Å²) in [4.78, 5) is 22.9. The topological polar surface area (TPSA) is 63.6 Å². The van der Waals surface area contributed by atoms with E-state index < -0.39 is 11.9 Å². The third-order valence-corrected chi connectivity index (χ3v) is 3.34. The van der Waals surface area contributed by atoms with Gasteiger partial charge in [0.25, 0.3) is 0 Å². The van der Waals surface area contributed by atoms with E-state index in [-0.39, 0.29) is 12.2 Å². The van der Waals surface area contributed by atoms with Crippen LogP contribution in [-0.2, 0) is 9.59 Å². The van der Waals surface area contributed by atoms with E-state index in [1.165, 1.54) is 13.2 Å². The number of carboxylic acid groups (broad SMARTS) is 1. The van der Waals surface area contributed by atoms with Crippen molar-refractivity contribution >= 4 is 17.3 Å². The molecule has 0 heterocycles. The lowest BCUT2D eigenvalue weighted by molar-refractivity contribution is -0.140. The van der Waals surface area contributed by atoms with Gasteiger partial charge in [-0.1, -0.05) is 11.6 Å². The highest BCUT2D eigenvalue weighted by Gasteiger charge is 2.29. The Labute approximate surface area is 111 Å². The molecule has 1 aliphatic carbocycles. The Hall–Kier alpha value is -2.10. The van der Waals surface area contributed by atoms with Crippen molar-refractivity contribution in [2.24, 2.45) is 5.92 Å². The number of ether oxygens (including phenoxy) is 1. The van der Waals surface area contributed by atoms with Crippen LogP contribution in [0.5, 0.6) is 5.75 Å². The fourth-order valence-corrected chi connectivity index (χ4v) is 2.36. The number of benzene rings is 1. The van der Waals surface area contributed by atoms with Crippen LogP contribution in [0.2, 0.25) is 0 Å². The predicted octanol–water partition coefficient (Wildman–Crippen LogP) is 2.45. The number of carboxylic acids is 1. The van der Waals surface area contributed by atoms with Crippen molar-refractivity contribution in [3.05, 3.63) is 35.4 Å². The fourth-order valence-electron chi connectivity index (χ4n) is 2.36. The Balaban J connectivity index is 2.56. The number of rotatable bonds is 3. The zero-order valence-electron chi connectivity index (χ0n) is 11.0. The summed E-state index contributed by atoms with van der Waals surface area (Å²) in [5.74, 6) is -0.982. The molecule has 0 radical (unpaired) electrons. The first-order valence-corrected chi connectivity index (χ1v) is 6.15. The Bertz CT molecular complexity index is 557. The van der Waals surface area contributed by atoms with E-state index in [1.54, 1.807) is 6.07 Å². The van der Waals surface area contributed by atoms with Gasteiger partial charge in [-0.3, -0.25) is 9.59 Å². The number of aryl methyl sites for hydroxylation is 1. The van der Waals surface area contributed by atoms with E-state index in [9.17, 15) is 14.7 Å². The molecule has 4 nitrogen and oxygen atoms in total. The number of hydrogen-bond acceptors (Lipinski definition) is 3. The Morgan fingerprint density at radius 2 is 2.16 bits per heavy atom. The third kappa shape index (κ3) is 2.67. The molecule has 100 valence electrons. The zero-order valence-corrected chi connectivity index (χ0v) is 11.0. The van der Waals surface area contributed by atoms with Crippen LogP contribution in [0.3, 0.4) is 0 Å². The van der Waals surface area contributed by atoms with E-state index in [0.717, 1.165) is 5.56 Å². The van der Waals surface area contributed by atoms with Crippen molar-refractivity contribution < 1.29 is 19.4 Å². The molecule has 0 saturated carbocycles. The summed E-state index contributed by atoms with van der Waals surface area (Å²) in [7, 11) is 1.54. The van der Waals surface area contributed by atoms with Crippen LogP contribution >= 0.6 is 0 Å². The van der Waals surface area contributed by atoms with Crippen LogP contribution < -0.4 is 4.74 Å². The van der Waals surface area contributed by atoms with Crippen molar-refractivity contribution in [3.63, 3.8) is 0 Å². The molecular weight excluding hydrogens is 244 g/mol. The lowest BCUT2D eigenvalue weighted by Crippen LogP contribution is -2.21. The SMILES string of the molecule is COc1ccc(C)cc1C1=CC(=O)CCC1C(=O)O. The second-order valence-corrected chi connectivity index (χ2v) is 4.70. The van der Waals surface area contributed by atoms with Gasteiger partial charge in [0.1, 0.15) is 5.75 Å². The monoisotopic (exact) mass is 260 g/mol. The van der Waals surface area contributed by atoms with Gasteiger partial charge in [0.15, 0.2) is 5.78 Å². The van der Waals surface area contributed by atoms with Crippen LogP contribution in [0.15, 0.2) is 24.3 Å². The van der Waals surface area contributed by atoms with E-state index in [1.807, 2.05) is 19.1 Å². The summed E-state index contributed by atoms with van der Waals surface area (Å²) in [6.45, 7) is 1.92. The van der Waals surface area contributed by atoms with Crippen molar-refractivity contribution in [2.75, 3.05) is 7.11 Å². The minimum atomic E-state index is -0.901. The summed E-state index contributed by atoms with van der Waals surface area (Å²) in [6.07, 6.45) is 2.07. The molecule has 0 amide bonds. The molecule has 0 saturated heterocycles. The number of hydrogen-bond donors (Lipinski definition) is 1. The highest BCUT2D eigenvalue weighted by molar-refractivity contribution is 6.04. The van der Waals surface area contributed by atoms with Gasteiger partial charge in [0, 0.05) is 12.0 Å². The maximum atomic E-state index is 11.6. The normalized spacial score (nSPS) is 18.9. The molecule has 1 aliphatic rings. The van der Waals surface area contributed by atoms with E-state index in [0.29, 0.717) is 23.3 Å².